The summed E-state index contributed by atoms with van der Waals surface area (Å²) in [7, 11) is 0. The standard InChI is InChI=1S/C31H39NOS/c1-31(2,3)23-19-22(21-34-24-13-7-5-4-6-8-14-24)30(33)29(20-23)32-27-17-11-9-15-25(27)26-16-10-12-18-28(26)32/h9-11,15-17,19-20,24,33H,4-8,12-14,18,21H2,1-3H3. The predicted octanol–water partition coefficient (Wildman–Crippen LogP) is 8.94. The van der Waals surface area contributed by atoms with E-state index in [9.17, 15) is 5.11 Å². The Morgan fingerprint density at radius 2 is 1.74 bits per heavy atom. The molecule has 1 N–H and O–H groups in total. The van der Waals surface area contributed by atoms with E-state index in [-0.39, 0.29) is 5.41 Å². The number of hydrogen-bond acceptors (Lipinski definition) is 2. The number of thioether (sulfide) groups is 1. The van der Waals surface area contributed by atoms with Crippen LogP contribution in [-0.4, -0.2) is 14.9 Å². The summed E-state index contributed by atoms with van der Waals surface area (Å²) in [4.78, 5) is 0. The fourth-order valence-corrected chi connectivity index (χ4v) is 6.93. The minimum Gasteiger partial charge on any atom is -0.505 e. The van der Waals surface area contributed by atoms with Crippen LogP contribution in [0.3, 0.4) is 0 Å². The van der Waals surface area contributed by atoms with Gasteiger partial charge in [-0.3, -0.25) is 0 Å². The van der Waals surface area contributed by atoms with Gasteiger partial charge in [0, 0.05) is 33.2 Å². The minimum atomic E-state index is 0.0189. The summed E-state index contributed by atoms with van der Waals surface area (Å²) in [5.41, 5.74) is 7.19. The second-order valence-electron chi connectivity index (χ2n) is 11.2. The van der Waals surface area contributed by atoms with E-state index in [2.05, 4.69) is 85.7 Å². The molecule has 1 saturated carbocycles. The first-order valence-corrected chi connectivity index (χ1v) is 14.3. The van der Waals surface area contributed by atoms with Crippen LogP contribution in [0.4, 0.5) is 0 Å². The number of rotatable bonds is 4. The molecule has 1 heterocycles. The maximum atomic E-state index is 11.7. The van der Waals surface area contributed by atoms with E-state index >= 15 is 0 Å². The van der Waals surface area contributed by atoms with Gasteiger partial charge in [-0.15, -0.1) is 0 Å². The minimum absolute atomic E-state index is 0.0189. The van der Waals surface area contributed by atoms with Crippen molar-refractivity contribution in [3.05, 3.63) is 64.9 Å². The topological polar surface area (TPSA) is 25.2 Å². The first kappa shape index (κ1) is 23.6. The predicted molar refractivity (Wildman–Crippen MR) is 148 cm³/mol. The molecule has 34 heavy (non-hydrogen) atoms. The second kappa shape index (κ2) is 9.85. The number of benzene rings is 2. The van der Waals surface area contributed by atoms with Crippen LogP contribution in [0.15, 0.2) is 42.5 Å². The number of nitrogens with zero attached hydrogens (tertiary/aromatic N) is 1. The highest BCUT2D eigenvalue weighted by atomic mass is 32.2. The molecule has 2 aromatic carbocycles. The normalized spacial score (nSPS) is 17.5. The van der Waals surface area contributed by atoms with Gasteiger partial charge in [0.05, 0.1) is 11.2 Å². The largest absolute Gasteiger partial charge is 0.505 e. The molecule has 0 spiro atoms. The smallest absolute Gasteiger partial charge is 0.143 e. The summed E-state index contributed by atoms with van der Waals surface area (Å²) in [5.74, 6) is 1.35. The third-order valence-corrected chi connectivity index (χ3v) is 9.07. The molecule has 2 aliphatic carbocycles. The van der Waals surface area contributed by atoms with Crippen molar-refractivity contribution in [3.8, 4) is 11.4 Å². The molecule has 0 aliphatic heterocycles. The Balaban J connectivity index is 1.59. The second-order valence-corrected chi connectivity index (χ2v) is 12.5. The van der Waals surface area contributed by atoms with Crippen LogP contribution >= 0.6 is 11.8 Å². The lowest BCUT2D eigenvalue weighted by molar-refractivity contribution is 0.465. The van der Waals surface area contributed by atoms with Gasteiger partial charge in [0.2, 0.25) is 0 Å². The van der Waals surface area contributed by atoms with Crippen molar-refractivity contribution >= 4 is 28.7 Å². The SMILES string of the molecule is CC(C)(C)c1cc(CSC2CCCCCCC2)c(O)c(-n2c3c(c4ccccc42)C=CCC3)c1. The molecular formula is C31H39NOS. The van der Waals surface area contributed by atoms with Gasteiger partial charge in [0.25, 0.3) is 0 Å². The lowest BCUT2D eigenvalue weighted by Crippen LogP contribution is -2.14. The van der Waals surface area contributed by atoms with Gasteiger partial charge in [-0.25, -0.2) is 0 Å². The van der Waals surface area contributed by atoms with Crippen molar-refractivity contribution < 1.29 is 5.11 Å². The Morgan fingerprint density at radius 3 is 2.50 bits per heavy atom. The quantitative estimate of drug-likeness (QED) is 0.409. The molecular weight excluding hydrogens is 434 g/mol. The highest BCUT2D eigenvalue weighted by Gasteiger charge is 2.25. The zero-order valence-corrected chi connectivity index (χ0v) is 21.9. The lowest BCUT2D eigenvalue weighted by Gasteiger charge is -2.25. The maximum absolute atomic E-state index is 11.7. The molecule has 1 fully saturated rings. The Morgan fingerprint density at radius 1 is 1.00 bits per heavy atom. The zero-order chi connectivity index (χ0) is 23.7. The van der Waals surface area contributed by atoms with Crippen molar-refractivity contribution in [2.45, 2.75) is 95.0 Å². The Labute approximate surface area is 209 Å². The average molecular weight is 474 g/mol. The summed E-state index contributed by atoms with van der Waals surface area (Å²) in [5, 5.41) is 13.7. The van der Waals surface area contributed by atoms with Gasteiger partial charge >= 0.3 is 0 Å². The first-order chi connectivity index (χ1) is 16.4. The van der Waals surface area contributed by atoms with Crippen molar-refractivity contribution in [2.24, 2.45) is 0 Å². The molecule has 0 radical (unpaired) electrons. The van der Waals surface area contributed by atoms with Crippen molar-refractivity contribution in [2.75, 3.05) is 0 Å². The molecule has 180 valence electrons. The number of fused-ring (bicyclic) bond motifs is 3. The number of phenols is 1. The molecule has 1 aromatic heterocycles. The summed E-state index contributed by atoms with van der Waals surface area (Å²) in [6, 6.07) is 13.2. The number of hydrogen-bond donors (Lipinski definition) is 1. The summed E-state index contributed by atoms with van der Waals surface area (Å²) in [6.45, 7) is 6.84. The first-order valence-electron chi connectivity index (χ1n) is 13.2. The van der Waals surface area contributed by atoms with Crippen molar-refractivity contribution in [1.82, 2.24) is 4.57 Å². The fraction of sp³-hybridized carbons (Fsp3) is 0.484. The fourth-order valence-electron chi connectivity index (χ4n) is 5.63. The van der Waals surface area contributed by atoms with Gasteiger partial charge in [0.15, 0.2) is 0 Å². The van der Waals surface area contributed by atoms with Crippen LogP contribution in [0.5, 0.6) is 5.75 Å². The highest BCUT2D eigenvalue weighted by molar-refractivity contribution is 7.99. The number of phenolic OH excluding ortho intramolecular Hbond substituents is 1. The van der Waals surface area contributed by atoms with E-state index in [1.807, 2.05) is 0 Å². The molecule has 0 unspecified atom stereocenters. The van der Waals surface area contributed by atoms with Gasteiger partial charge in [-0.1, -0.05) is 89.3 Å². The molecule has 3 aromatic rings. The van der Waals surface area contributed by atoms with E-state index in [0.717, 1.165) is 29.8 Å². The van der Waals surface area contributed by atoms with Crippen LogP contribution in [0.25, 0.3) is 22.7 Å². The third kappa shape index (κ3) is 4.69. The highest BCUT2D eigenvalue weighted by Crippen LogP contribution is 2.41. The summed E-state index contributed by atoms with van der Waals surface area (Å²) < 4.78 is 2.35. The maximum Gasteiger partial charge on any atom is 0.143 e. The molecule has 3 heteroatoms. The van der Waals surface area contributed by atoms with Gasteiger partial charge in [0.1, 0.15) is 5.75 Å². The van der Waals surface area contributed by atoms with Crippen molar-refractivity contribution in [3.63, 3.8) is 0 Å². The average Bonchev–Trinajstić information content (AvgIpc) is 3.13. The van der Waals surface area contributed by atoms with Crippen LogP contribution in [0, 0.1) is 0 Å². The molecule has 2 aliphatic rings. The van der Waals surface area contributed by atoms with Crippen LogP contribution in [0.2, 0.25) is 0 Å². The van der Waals surface area contributed by atoms with E-state index in [0.29, 0.717) is 11.0 Å². The Kier molecular flexibility index (Phi) is 6.84. The number of para-hydroxylation sites is 1. The Hall–Kier alpha value is -2.13. The Bertz CT molecular complexity index is 1190. The van der Waals surface area contributed by atoms with Crippen LogP contribution in [-0.2, 0) is 17.6 Å². The van der Waals surface area contributed by atoms with Gasteiger partial charge in [-0.05, 0) is 48.8 Å². The van der Waals surface area contributed by atoms with E-state index in [1.54, 1.807) is 0 Å². The summed E-state index contributed by atoms with van der Waals surface area (Å²) in [6.07, 6.45) is 16.1. The van der Waals surface area contributed by atoms with Gasteiger partial charge < -0.3 is 9.67 Å². The lowest BCUT2D eigenvalue weighted by atomic mass is 9.85. The third-order valence-electron chi connectivity index (χ3n) is 7.65. The zero-order valence-electron chi connectivity index (χ0n) is 21.1. The number of allylic oxidation sites excluding steroid dienone is 1. The summed E-state index contributed by atoms with van der Waals surface area (Å²) >= 11 is 2.06. The number of aromatic hydroxyl groups is 1. The molecule has 0 atom stereocenters. The van der Waals surface area contributed by atoms with E-state index in [4.69, 9.17) is 0 Å². The van der Waals surface area contributed by atoms with Crippen molar-refractivity contribution in [1.29, 1.82) is 0 Å². The molecule has 5 rings (SSSR count). The van der Waals surface area contributed by atoms with E-state index < -0.39 is 0 Å². The molecule has 2 nitrogen and oxygen atoms in total. The van der Waals surface area contributed by atoms with Crippen LogP contribution < -0.4 is 0 Å². The monoisotopic (exact) mass is 473 g/mol. The molecule has 0 amide bonds. The van der Waals surface area contributed by atoms with Crippen LogP contribution in [0.1, 0.15) is 94.5 Å². The van der Waals surface area contributed by atoms with Gasteiger partial charge in [-0.2, -0.15) is 11.8 Å². The number of aromatic nitrogens is 1. The molecule has 0 bridgehead atoms. The molecule has 0 saturated heterocycles. The van der Waals surface area contributed by atoms with E-state index in [1.165, 1.54) is 72.7 Å².